The molecule has 0 unspecified atom stereocenters. The van der Waals surface area contributed by atoms with Crippen LogP contribution in [-0.2, 0) is 4.79 Å². The van der Waals surface area contributed by atoms with Crippen molar-refractivity contribution in [3.63, 3.8) is 0 Å². The van der Waals surface area contributed by atoms with Crippen molar-refractivity contribution in [1.29, 1.82) is 0 Å². The Morgan fingerprint density at radius 3 is 2.22 bits per heavy atom. The van der Waals surface area contributed by atoms with Crippen molar-refractivity contribution in [2.75, 3.05) is 18.0 Å². The van der Waals surface area contributed by atoms with Gasteiger partial charge in [0, 0.05) is 48.1 Å². The molecule has 2 aliphatic carbocycles. The summed E-state index contributed by atoms with van der Waals surface area (Å²) in [5, 5.41) is 0.316. The Hall–Kier alpha value is -4.54. The maximum absolute atomic E-state index is 16.2. The van der Waals surface area contributed by atoms with Crippen LogP contribution in [0.15, 0.2) is 47.5 Å². The lowest BCUT2D eigenvalue weighted by Crippen LogP contribution is -2.58. The fourth-order valence-electron chi connectivity index (χ4n) is 6.53. The van der Waals surface area contributed by atoms with E-state index >= 15 is 8.78 Å². The number of piperazine rings is 1. The van der Waals surface area contributed by atoms with Crippen LogP contribution in [0.4, 0.5) is 14.6 Å². The molecule has 3 fully saturated rings. The van der Waals surface area contributed by atoms with Gasteiger partial charge in [0.1, 0.15) is 29.5 Å². The predicted molar refractivity (Wildman–Crippen MR) is 168 cm³/mol. The lowest BCUT2D eigenvalue weighted by molar-refractivity contribution is -0.129. The summed E-state index contributed by atoms with van der Waals surface area (Å²) in [6, 6.07) is 5.36. The molecule has 0 radical (unpaired) electrons. The van der Waals surface area contributed by atoms with E-state index in [-0.39, 0.29) is 52.5 Å². The van der Waals surface area contributed by atoms with E-state index in [1.807, 2.05) is 18.7 Å². The van der Waals surface area contributed by atoms with Crippen molar-refractivity contribution in [3.05, 3.63) is 81.8 Å². The number of hydrogen-bond acceptors (Lipinski definition) is 7. The minimum absolute atomic E-state index is 0.0392. The smallest absolute Gasteiger partial charge is 0.349 e. The molecule has 2 atom stereocenters. The summed E-state index contributed by atoms with van der Waals surface area (Å²) in [5.74, 6) is -0.843. The molecule has 4 aromatic rings. The van der Waals surface area contributed by atoms with E-state index in [0.717, 1.165) is 37.1 Å². The molecule has 232 valence electrons. The molecule has 1 aliphatic heterocycles. The highest BCUT2D eigenvalue weighted by molar-refractivity contribution is 5.93. The predicted octanol–water partition coefficient (Wildman–Crippen LogP) is 5.58. The molecule has 2 saturated carbocycles. The molecule has 3 aliphatic rings. The Balaban J connectivity index is 1.49. The van der Waals surface area contributed by atoms with Gasteiger partial charge in [0.05, 0.1) is 22.5 Å². The van der Waals surface area contributed by atoms with E-state index in [2.05, 4.69) is 21.5 Å². The van der Waals surface area contributed by atoms with Crippen LogP contribution in [0.5, 0.6) is 0 Å². The third-order valence-corrected chi connectivity index (χ3v) is 9.17. The third kappa shape index (κ3) is 4.98. The van der Waals surface area contributed by atoms with Gasteiger partial charge in [-0.05, 0) is 71.1 Å². The SMILES string of the molecule is C=C(C)C(=O)N1C[C@H](C)N(c2nc(=O)n(-c3c(C4CC4)ncnc3C3CC3)c3nc(-c4c(C)cccc4F)c(F)cc23)C[C@H]1C. The van der Waals surface area contributed by atoms with Gasteiger partial charge in [-0.1, -0.05) is 18.7 Å². The molecular formula is C34H35F2N7O2. The van der Waals surface area contributed by atoms with Crippen molar-refractivity contribution in [2.45, 2.75) is 77.3 Å². The summed E-state index contributed by atoms with van der Waals surface area (Å²) in [6.45, 7) is 11.8. The summed E-state index contributed by atoms with van der Waals surface area (Å²) in [6.07, 6.45) is 5.32. The molecule has 1 amide bonds. The summed E-state index contributed by atoms with van der Waals surface area (Å²) in [4.78, 5) is 49.4. The first-order valence-electron chi connectivity index (χ1n) is 15.5. The van der Waals surface area contributed by atoms with Gasteiger partial charge in [-0.15, -0.1) is 0 Å². The summed E-state index contributed by atoms with van der Waals surface area (Å²) >= 11 is 0. The van der Waals surface area contributed by atoms with Gasteiger partial charge in [0.15, 0.2) is 5.65 Å². The Morgan fingerprint density at radius 2 is 1.62 bits per heavy atom. The number of anilines is 1. The molecule has 1 saturated heterocycles. The molecular weight excluding hydrogens is 576 g/mol. The van der Waals surface area contributed by atoms with Crippen LogP contribution in [-0.4, -0.2) is 60.5 Å². The number of pyridine rings is 1. The summed E-state index contributed by atoms with van der Waals surface area (Å²) < 4.78 is 32.8. The van der Waals surface area contributed by atoms with Crippen molar-refractivity contribution >= 4 is 22.8 Å². The Kier molecular flexibility index (Phi) is 7.02. The van der Waals surface area contributed by atoms with Crippen LogP contribution in [0.3, 0.4) is 0 Å². The number of nitrogens with zero attached hydrogens (tertiary/aromatic N) is 7. The third-order valence-electron chi connectivity index (χ3n) is 9.17. The topological polar surface area (TPSA) is 97.1 Å². The van der Waals surface area contributed by atoms with Gasteiger partial charge in [0.2, 0.25) is 5.91 Å². The van der Waals surface area contributed by atoms with Crippen LogP contribution >= 0.6 is 0 Å². The number of carbonyl (C=O) groups is 1. The first kappa shape index (κ1) is 29.2. The van der Waals surface area contributed by atoms with Gasteiger partial charge in [-0.3, -0.25) is 4.79 Å². The molecule has 0 bridgehead atoms. The average molecular weight is 612 g/mol. The minimum Gasteiger partial charge on any atom is -0.349 e. The zero-order valence-corrected chi connectivity index (χ0v) is 25.8. The summed E-state index contributed by atoms with van der Waals surface area (Å²) in [7, 11) is 0. The number of aryl methyl sites for hydroxylation is 1. The van der Waals surface area contributed by atoms with Crippen LogP contribution < -0.4 is 10.6 Å². The van der Waals surface area contributed by atoms with E-state index in [0.29, 0.717) is 35.3 Å². The molecule has 45 heavy (non-hydrogen) atoms. The lowest BCUT2D eigenvalue weighted by Gasteiger charge is -2.45. The maximum atomic E-state index is 16.2. The lowest BCUT2D eigenvalue weighted by atomic mass is 10.0. The number of amides is 1. The highest BCUT2D eigenvalue weighted by Crippen LogP contribution is 2.47. The normalized spacial score (nSPS) is 20.1. The number of fused-ring (bicyclic) bond motifs is 1. The van der Waals surface area contributed by atoms with Crippen LogP contribution in [0.2, 0.25) is 0 Å². The summed E-state index contributed by atoms with van der Waals surface area (Å²) in [5.41, 5.74) is 2.47. The fraction of sp³-hybridized carbons (Fsp3) is 0.412. The molecule has 1 aromatic carbocycles. The van der Waals surface area contributed by atoms with Gasteiger partial charge in [-0.2, -0.15) is 4.98 Å². The molecule has 3 aromatic heterocycles. The second-order valence-corrected chi connectivity index (χ2v) is 12.8. The standard InChI is InChI=1S/C34H35F2N7O2/c1-17(2)33(44)42-15-19(4)41(14-20(42)5)31-23-13-25(36)29(26-18(3)7-6-8-24(26)35)39-32(23)43(34(45)40-31)30-27(21-9-10-21)37-16-38-28(30)22-11-12-22/h6-8,13,16,19-22H,1,9-12,14-15H2,2-5H3/t19-,20+/m0/s1. The maximum Gasteiger partial charge on any atom is 0.355 e. The van der Waals surface area contributed by atoms with E-state index in [1.54, 1.807) is 37.2 Å². The number of rotatable bonds is 6. The van der Waals surface area contributed by atoms with Crippen molar-refractivity contribution in [3.8, 4) is 16.9 Å². The Morgan fingerprint density at radius 1 is 0.956 bits per heavy atom. The van der Waals surface area contributed by atoms with Gasteiger partial charge in [0.25, 0.3) is 0 Å². The quantitative estimate of drug-likeness (QED) is 0.263. The number of halogens is 2. The highest BCUT2D eigenvalue weighted by atomic mass is 19.1. The second kappa shape index (κ2) is 10.8. The van der Waals surface area contributed by atoms with E-state index in [4.69, 9.17) is 4.98 Å². The van der Waals surface area contributed by atoms with E-state index in [1.165, 1.54) is 16.7 Å². The number of benzene rings is 1. The average Bonchev–Trinajstić information content (AvgIpc) is 3.92. The van der Waals surface area contributed by atoms with Crippen molar-refractivity contribution in [2.24, 2.45) is 0 Å². The molecule has 0 spiro atoms. The highest BCUT2D eigenvalue weighted by Gasteiger charge is 2.38. The molecule has 11 heteroatoms. The first-order valence-corrected chi connectivity index (χ1v) is 15.5. The first-order chi connectivity index (χ1) is 21.5. The molecule has 0 N–H and O–H groups in total. The zero-order chi connectivity index (χ0) is 31.7. The van der Waals surface area contributed by atoms with Crippen molar-refractivity contribution in [1.82, 2.24) is 29.4 Å². The Labute approximate surface area is 259 Å². The van der Waals surface area contributed by atoms with E-state index in [9.17, 15) is 9.59 Å². The van der Waals surface area contributed by atoms with Gasteiger partial charge in [-0.25, -0.2) is 33.1 Å². The number of carbonyl (C=O) groups excluding carboxylic acids is 1. The largest absolute Gasteiger partial charge is 0.355 e. The molecule has 4 heterocycles. The number of hydrogen-bond donors (Lipinski definition) is 0. The second-order valence-electron chi connectivity index (χ2n) is 12.8. The zero-order valence-electron chi connectivity index (χ0n) is 25.8. The van der Waals surface area contributed by atoms with Crippen molar-refractivity contribution < 1.29 is 13.6 Å². The minimum atomic E-state index is -0.727. The fourth-order valence-corrected chi connectivity index (χ4v) is 6.53. The Bertz CT molecular complexity index is 1900. The van der Waals surface area contributed by atoms with Crippen LogP contribution in [0.1, 0.15) is 75.2 Å². The van der Waals surface area contributed by atoms with Crippen LogP contribution in [0.25, 0.3) is 28.0 Å². The number of aromatic nitrogens is 5. The van der Waals surface area contributed by atoms with Gasteiger partial charge >= 0.3 is 5.69 Å². The van der Waals surface area contributed by atoms with Crippen LogP contribution in [0, 0.1) is 18.6 Å². The molecule has 9 nitrogen and oxygen atoms in total. The molecule has 7 rings (SSSR count). The van der Waals surface area contributed by atoms with Gasteiger partial charge < -0.3 is 9.80 Å². The monoisotopic (exact) mass is 611 g/mol. The van der Waals surface area contributed by atoms with E-state index < -0.39 is 17.3 Å².